The fraction of sp³-hybridized carbons (Fsp3) is 0.190. The first-order valence-corrected chi connectivity index (χ1v) is 9.67. The first kappa shape index (κ1) is 16.7. The van der Waals surface area contributed by atoms with E-state index in [1.54, 1.807) is 0 Å². The van der Waals surface area contributed by atoms with Crippen LogP contribution in [-0.2, 0) is 0 Å². The van der Waals surface area contributed by atoms with E-state index >= 15 is 0 Å². The highest BCUT2D eigenvalue weighted by Gasteiger charge is 2.17. The first-order valence-electron chi connectivity index (χ1n) is 8.79. The van der Waals surface area contributed by atoms with E-state index in [0.717, 1.165) is 36.7 Å². The highest BCUT2D eigenvalue weighted by Crippen LogP contribution is 2.22. The summed E-state index contributed by atoms with van der Waals surface area (Å²) in [5.41, 5.74) is 3.32. The molecule has 4 nitrogen and oxygen atoms in total. The van der Waals surface area contributed by atoms with E-state index in [0.29, 0.717) is 0 Å². The third kappa shape index (κ3) is 3.73. The summed E-state index contributed by atoms with van der Waals surface area (Å²) in [5.74, 6) is -0.0516. The molecule has 4 rings (SSSR count). The van der Waals surface area contributed by atoms with E-state index in [-0.39, 0.29) is 5.91 Å². The van der Waals surface area contributed by atoms with Crippen LogP contribution in [0.1, 0.15) is 9.67 Å². The van der Waals surface area contributed by atoms with Crippen LogP contribution in [0.25, 0.3) is 0 Å². The van der Waals surface area contributed by atoms with Crippen LogP contribution in [0.2, 0.25) is 0 Å². The molecule has 0 spiro atoms. The molecular weight excluding hydrogens is 342 g/mol. The van der Waals surface area contributed by atoms with Crippen molar-refractivity contribution in [3.8, 4) is 0 Å². The van der Waals surface area contributed by atoms with Gasteiger partial charge in [0.15, 0.2) is 0 Å². The van der Waals surface area contributed by atoms with Gasteiger partial charge in [0.2, 0.25) is 0 Å². The van der Waals surface area contributed by atoms with Gasteiger partial charge in [-0.05, 0) is 47.8 Å². The zero-order valence-corrected chi connectivity index (χ0v) is 15.3. The summed E-state index contributed by atoms with van der Waals surface area (Å²) < 4.78 is 0. The van der Waals surface area contributed by atoms with Gasteiger partial charge in [-0.2, -0.15) is 0 Å². The van der Waals surface area contributed by atoms with Crippen molar-refractivity contribution in [1.29, 1.82) is 0 Å². The Labute approximate surface area is 157 Å². The fourth-order valence-corrected chi connectivity index (χ4v) is 3.84. The van der Waals surface area contributed by atoms with Crippen LogP contribution in [-0.4, -0.2) is 32.1 Å². The Kier molecular flexibility index (Phi) is 4.88. The summed E-state index contributed by atoms with van der Waals surface area (Å²) in [6, 6.07) is 22.4. The average Bonchev–Trinajstić information content (AvgIpc) is 3.25. The Morgan fingerprint density at radius 2 is 1.38 bits per heavy atom. The summed E-state index contributed by atoms with van der Waals surface area (Å²) in [6.07, 6.45) is 0. The van der Waals surface area contributed by atoms with Crippen molar-refractivity contribution in [3.63, 3.8) is 0 Å². The van der Waals surface area contributed by atoms with E-state index < -0.39 is 0 Å². The summed E-state index contributed by atoms with van der Waals surface area (Å²) in [7, 11) is 0. The molecule has 26 heavy (non-hydrogen) atoms. The van der Waals surface area contributed by atoms with E-state index in [9.17, 15) is 4.79 Å². The number of para-hydroxylation sites is 1. The van der Waals surface area contributed by atoms with Crippen molar-refractivity contribution in [2.45, 2.75) is 0 Å². The lowest BCUT2D eigenvalue weighted by Gasteiger charge is -2.37. The number of carbonyl (C=O) groups excluding carboxylic acids is 1. The lowest BCUT2D eigenvalue weighted by Crippen LogP contribution is -2.46. The smallest absolute Gasteiger partial charge is 0.265 e. The second kappa shape index (κ2) is 7.62. The summed E-state index contributed by atoms with van der Waals surface area (Å²) in [5, 5.41) is 4.86. The molecule has 1 aliphatic rings. The summed E-state index contributed by atoms with van der Waals surface area (Å²) >= 11 is 1.45. The van der Waals surface area contributed by atoms with Gasteiger partial charge in [-0.25, -0.2) is 0 Å². The number of hydrogen-bond acceptors (Lipinski definition) is 4. The highest BCUT2D eigenvalue weighted by atomic mass is 32.1. The van der Waals surface area contributed by atoms with Gasteiger partial charge in [-0.1, -0.05) is 24.3 Å². The predicted octanol–water partition coefficient (Wildman–Crippen LogP) is 4.33. The van der Waals surface area contributed by atoms with Crippen LogP contribution in [0, 0.1) is 0 Å². The zero-order chi connectivity index (χ0) is 17.8. The lowest BCUT2D eigenvalue weighted by atomic mass is 10.2. The second-order valence-corrected chi connectivity index (χ2v) is 7.24. The van der Waals surface area contributed by atoms with Gasteiger partial charge < -0.3 is 15.1 Å². The van der Waals surface area contributed by atoms with Gasteiger partial charge in [-0.3, -0.25) is 4.79 Å². The van der Waals surface area contributed by atoms with Gasteiger partial charge in [-0.15, -0.1) is 11.3 Å². The van der Waals surface area contributed by atoms with E-state index in [1.165, 1.54) is 22.7 Å². The highest BCUT2D eigenvalue weighted by molar-refractivity contribution is 7.12. The van der Waals surface area contributed by atoms with Crippen LogP contribution in [0.3, 0.4) is 0 Å². The molecule has 0 aliphatic carbocycles. The minimum absolute atomic E-state index is 0.0516. The second-order valence-electron chi connectivity index (χ2n) is 6.29. The minimum atomic E-state index is -0.0516. The molecule has 0 bridgehead atoms. The number of nitrogens with one attached hydrogen (secondary N) is 1. The van der Waals surface area contributed by atoms with Gasteiger partial charge >= 0.3 is 0 Å². The molecule has 2 aromatic carbocycles. The topological polar surface area (TPSA) is 35.6 Å². The molecular formula is C21H21N3OS. The number of hydrogen-bond donors (Lipinski definition) is 1. The Balaban J connectivity index is 1.35. The number of carbonyl (C=O) groups is 1. The van der Waals surface area contributed by atoms with Crippen molar-refractivity contribution in [1.82, 2.24) is 0 Å². The quantitative estimate of drug-likeness (QED) is 0.749. The molecule has 3 aromatic rings. The number of anilines is 3. The standard InChI is InChI=1S/C21H21N3OS/c25-21(20-7-4-16-26-20)22-17-8-10-19(11-9-17)24-14-12-23(13-15-24)18-5-2-1-3-6-18/h1-11,16H,12-15H2,(H,22,25). The fourth-order valence-electron chi connectivity index (χ4n) is 3.22. The van der Waals surface area contributed by atoms with Crippen molar-refractivity contribution in [3.05, 3.63) is 77.0 Å². The maximum atomic E-state index is 12.1. The Morgan fingerprint density at radius 1 is 0.769 bits per heavy atom. The van der Waals surface area contributed by atoms with Crippen molar-refractivity contribution in [2.75, 3.05) is 41.3 Å². The molecule has 132 valence electrons. The molecule has 1 N–H and O–H groups in total. The Morgan fingerprint density at radius 3 is 1.96 bits per heavy atom. The van der Waals surface area contributed by atoms with Crippen LogP contribution in [0.4, 0.5) is 17.1 Å². The van der Waals surface area contributed by atoms with Crippen LogP contribution < -0.4 is 15.1 Å². The van der Waals surface area contributed by atoms with Gasteiger partial charge in [0.1, 0.15) is 0 Å². The van der Waals surface area contributed by atoms with Gasteiger partial charge in [0, 0.05) is 43.2 Å². The molecule has 1 saturated heterocycles. The van der Waals surface area contributed by atoms with Crippen molar-refractivity contribution >= 4 is 34.3 Å². The number of thiophene rings is 1. The average molecular weight is 363 g/mol. The maximum Gasteiger partial charge on any atom is 0.265 e. The molecule has 5 heteroatoms. The monoisotopic (exact) mass is 363 g/mol. The Hall–Kier alpha value is -2.79. The zero-order valence-electron chi connectivity index (χ0n) is 14.5. The molecule has 0 radical (unpaired) electrons. The van der Waals surface area contributed by atoms with Gasteiger partial charge in [0.25, 0.3) is 5.91 Å². The molecule has 0 unspecified atom stereocenters. The molecule has 2 heterocycles. The van der Waals surface area contributed by atoms with Crippen molar-refractivity contribution in [2.24, 2.45) is 0 Å². The Bertz CT molecular complexity index is 839. The molecule has 1 amide bonds. The van der Waals surface area contributed by atoms with Crippen LogP contribution in [0.5, 0.6) is 0 Å². The minimum Gasteiger partial charge on any atom is -0.368 e. The first-order chi connectivity index (χ1) is 12.8. The SMILES string of the molecule is O=C(Nc1ccc(N2CCN(c3ccccc3)CC2)cc1)c1cccs1. The normalized spacial score (nSPS) is 14.3. The molecule has 1 fully saturated rings. The molecule has 0 atom stereocenters. The molecule has 1 aliphatic heterocycles. The predicted molar refractivity (Wildman–Crippen MR) is 110 cm³/mol. The third-order valence-electron chi connectivity index (χ3n) is 4.64. The number of amides is 1. The van der Waals surface area contributed by atoms with E-state index in [1.807, 2.05) is 29.6 Å². The third-order valence-corrected chi connectivity index (χ3v) is 5.50. The van der Waals surface area contributed by atoms with Crippen molar-refractivity contribution < 1.29 is 4.79 Å². The van der Waals surface area contributed by atoms with E-state index in [4.69, 9.17) is 0 Å². The molecule has 0 saturated carbocycles. The number of piperazine rings is 1. The lowest BCUT2D eigenvalue weighted by molar-refractivity contribution is 0.103. The molecule has 1 aromatic heterocycles. The largest absolute Gasteiger partial charge is 0.368 e. The number of nitrogens with zero attached hydrogens (tertiary/aromatic N) is 2. The number of benzene rings is 2. The van der Waals surface area contributed by atoms with Crippen LogP contribution >= 0.6 is 11.3 Å². The summed E-state index contributed by atoms with van der Waals surface area (Å²) in [6.45, 7) is 4.02. The van der Waals surface area contributed by atoms with E-state index in [2.05, 4.69) is 57.6 Å². The van der Waals surface area contributed by atoms with Crippen LogP contribution in [0.15, 0.2) is 72.1 Å². The summed E-state index contributed by atoms with van der Waals surface area (Å²) in [4.78, 5) is 17.7. The van der Waals surface area contributed by atoms with Gasteiger partial charge in [0.05, 0.1) is 4.88 Å². The maximum absolute atomic E-state index is 12.1. The number of rotatable bonds is 4.